The van der Waals surface area contributed by atoms with Gasteiger partial charge in [-0.2, -0.15) is 0 Å². The van der Waals surface area contributed by atoms with E-state index in [1.807, 2.05) is 43.3 Å². The van der Waals surface area contributed by atoms with Crippen molar-refractivity contribution >= 4 is 33.4 Å². The zero-order valence-electron chi connectivity index (χ0n) is 16.2. The van der Waals surface area contributed by atoms with Crippen molar-refractivity contribution in [3.8, 4) is 11.5 Å². The van der Waals surface area contributed by atoms with Crippen molar-refractivity contribution in [3.63, 3.8) is 0 Å². The third-order valence-electron chi connectivity index (χ3n) is 5.63. The van der Waals surface area contributed by atoms with Crippen LogP contribution in [0.5, 0.6) is 11.5 Å². The summed E-state index contributed by atoms with van der Waals surface area (Å²) in [6.45, 7) is 4.12. The van der Waals surface area contributed by atoms with Crippen molar-refractivity contribution in [1.29, 1.82) is 0 Å². The minimum atomic E-state index is -0.655. The van der Waals surface area contributed by atoms with Crippen LogP contribution >= 0.6 is 27.5 Å². The van der Waals surface area contributed by atoms with Gasteiger partial charge in [0.15, 0.2) is 11.5 Å². The Labute approximate surface area is 183 Å². The van der Waals surface area contributed by atoms with Crippen molar-refractivity contribution in [1.82, 2.24) is 5.32 Å². The van der Waals surface area contributed by atoms with Crippen molar-refractivity contribution in [3.05, 3.63) is 57.0 Å². The summed E-state index contributed by atoms with van der Waals surface area (Å²) >= 11 is 9.83. The Bertz CT molecular complexity index is 914. The van der Waals surface area contributed by atoms with Crippen LogP contribution in [0.4, 0.5) is 0 Å². The molecule has 154 valence electrons. The average molecular weight is 481 g/mol. The normalized spacial score (nSPS) is 18.7. The molecule has 7 heteroatoms. The molecule has 1 unspecified atom stereocenters. The van der Waals surface area contributed by atoms with E-state index < -0.39 is 5.41 Å². The van der Waals surface area contributed by atoms with Crippen molar-refractivity contribution in [2.45, 2.75) is 31.2 Å². The largest absolute Gasteiger partial charge is 0.486 e. The van der Waals surface area contributed by atoms with Gasteiger partial charge in [-0.3, -0.25) is 4.79 Å². The van der Waals surface area contributed by atoms with E-state index in [1.54, 1.807) is 0 Å². The Balaban J connectivity index is 1.61. The van der Waals surface area contributed by atoms with E-state index in [0.717, 1.165) is 15.6 Å². The van der Waals surface area contributed by atoms with E-state index in [0.29, 0.717) is 55.8 Å². The molecular formula is C22H23BrClNO4. The SMILES string of the molecule is CC(NC(=O)C1(c2cccc(Cl)c2)CCOCC1)c1cc2c(cc1Br)OCCO2. The van der Waals surface area contributed by atoms with Crippen LogP contribution in [0.15, 0.2) is 40.9 Å². The molecule has 0 bridgehead atoms. The molecule has 4 rings (SSSR count). The van der Waals surface area contributed by atoms with Crippen LogP contribution in [0.1, 0.15) is 36.9 Å². The lowest BCUT2D eigenvalue weighted by Crippen LogP contribution is -2.48. The minimum Gasteiger partial charge on any atom is -0.486 e. The molecule has 2 heterocycles. The number of benzene rings is 2. The number of nitrogens with one attached hydrogen (secondary N) is 1. The fourth-order valence-electron chi connectivity index (χ4n) is 3.98. The molecule has 2 aliphatic heterocycles. The van der Waals surface area contributed by atoms with Crippen molar-refractivity contribution in [2.75, 3.05) is 26.4 Å². The molecule has 2 aliphatic rings. The number of halogens is 2. The van der Waals surface area contributed by atoms with E-state index in [-0.39, 0.29) is 11.9 Å². The molecule has 0 radical (unpaired) electrons. The summed E-state index contributed by atoms with van der Waals surface area (Å²) in [6, 6.07) is 11.2. The number of amides is 1. The number of rotatable bonds is 4. The zero-order valence-corrected chi connectivity index (χ0v) is 18.5. The van der Waals surface area contributed by atoms with Gasteiger partial charge >= 0.3 is 0 Å². The second-order valence-electron chi connectivity index (χ2n) is 7.42. The lowest BCUT2D eigenvalue weighted by atomic mass is 9.73. The molecule has 2 aromatic rings. The van der Waals surface area contributed by atoms with Crippen LogP contribution in [0, 0.1) is 0 Å². The number of fused-ring (bicyclic) bond motifs is 1. The first-order chi connectivity index (χ1) is 14.0. The molecule has 5 nitrogen and oxygen atoms in total. The fraction of sp³-hybridized carbons (Fsp3) is 0.409. The highest BCUT2D eigenvalue weighted by Gasteiger charge is 2.42. The highest BCUT2D eigenvalue weighted by Crippen LogP contribution is 2.40. The van der Waals surface area contributed by atoms with Gasteiger partial charge in [0, 0.05) is 22.7 Å². The molecule has 29 heavy (non-hydrogen) atoms. The van der Waals surface area contributed by atoms with E-state index in [9.17, 15) is 4.79 Å². The molecule has 0 aromatic heterocycles. The molecular weight excluding hydrogens is 458 g/mol. The quantitative estimate of drug-likeness (QED) is 0.683. The Kier molecular flexibility index (Phi) is 6.04. The molecule has 2 aromatic carbocycles. The smallest absolute Gasteiger partial charge is 0.231 e. The number of hydrogen-bond acceptors (Lipinski definition) is 4. The molecule has 0 saturated carbocycles. The number of hydrogen-bond donors (Lipinski definition) is 1. The Hall–Kier alpha value is -1.76. The standard InChI is InChI=1S/C22H23BrClNO4/c1-14(17-12-19-20(13-18(17)23)29-10-9-28-19)25-21(26)22(5-7-27-8-6-22)15-3-2-4-16(24)11-15/h2-4,11-14H,5-10H2,1H3,(H,25,26). The van der Waals surface area contributed by atoms with E-state index in [4.69, 9.17) is 25.8 Å². The highest BCUT2D eigenvalue weighted by atomic mass is 79.9. The Morgan fingerprint density at radius 1 is 1.10 bits per heavy atom. The maximum atomic E-state index is 13.5. The van der Waals surface area contributed by atoms with Crippen LogP contribution in [-0.4, -0.2) is 32.3 Å². The first-order valence-electron chi connectivity index (χ1n) is 9.73. The van der Waals surface area contributed by atoms with Gasteiger partial charge in [0.2, 0.25) is 5.91 Å². The van der Waals surface area contributed by atoms with Crippen molar-refractivity contribution < 1.29 is 19.0 Å². The number of ether oxygens (including phenoxy) is 3. The Morgan fingerprint density at radius 2 is 1.79 bits per heavy atom. The summed E-state index contributed by atoms with van der Waals surface area (Å²) in [7, 11) is 0. The third kappa shape index (κ3) is 4.11. The second kappa shape index (κ2) is 8.54. The fourth-order valence-corrected chi connectivity index (χ4v) is 4.83. The van der Waals surface area contributed by atoms with Gasteiger partial charge in [-0.15, -0.1) is 0 Å². The van der Waals surface area contributed by atoms with Crippen LogP contribution < -0.4 is 14.8 Å². The predicted molar refractivity (Wildman–Crippen MR) is 115 cm³/mol. The zero-order chi connectivity index (χ0) is 20.4. The van der Waals surface area contributed by atoms with Gasteiger partial charge in [-0.1, -0.05) is 39.7 Å². The minimum absolute atomic E-state index is 0.0163. The third-order valence-corrected chi connectivity index (χ3v) is 6.56. The van der Waals surface area contributed by atoms with Crippen molar-refractivity contribution in [2.24, 2.45) is 0 Å². The Morgan fingerprint density at radius 3 is 2.48 bits per heavy atom. The van der Waals surface area contributed by atoms with Crippen LogP contribution in [0.3, 0.4) is 0 Å². The summed E-state index contributed by atoms with van der Waals surface area (Å²) in [4.78, 5) is 13.5. The predicted octanol–water partition coefficient (Wildman–Crippen LogP) is 4.80. The summed E-state index contributed by atoms with van der Waals surface area (Å²) in [5.74, 6) is 1.40. The van der Waals surface area contributed by atoms with Gasteiger partial charge in [-0.25, -0.2) is 0 Å². The second-order valence-corrected chi connectivity index (χ2v) is 8.71. The van der Waals surface area contributed by atoms with Gasteiger partial charge in [0.05, 0.1) is 11.5 Å². The van der Waals surface area contributed by atoms with Gasteiger partial charge in [0.1, 0.15) is 13.2 Å². The molecule has 0 aliphatic carbocycles. The maximum Gasteiger partial charge on any atom is 0.231 e. The van der Waals surface area contributed by atoms with Crippen LogP contribution in [-0.2, 0) is 14.9 Å². The highest BCUT2D eigenvalue weighted by molar-refractivity contribution is 9.10. The van der Waals surface area contributed by atoms with Crippen LogP contribution in [0.2, 0.25) is 5.02 Å². The molecule has 1 saturated heterocycles. The molecule has 0 spiro atoms. The summed E-state index contributed by atoms with van der Waals surface area (Å²) in [6.07, 6.45) is 1.24. The van der Waals surface area contributed by atoms with Gasteiger partial charge < -0.3 is 19.5 Å². The molecule has 1 atom stereocenters. The maximum absolute atomic E-state index is 13.5. The topological polar surface area (TPSA) is 56.8 Å². The van der Waals surface area contributed by atoms with Crippen LogP contribution in [0.25, 0.3) is 0 Å². The molecule has 1 fully saturated rings. The summed E-state index contributed by atoms with van der Waals surface area (Å²) < 4.78 is 17.8. The number of carbonyl (C=O) groups excluding carboxylic acids is 1. The lowest BCUT2D eigenvalue weighted by Gasteiger charge is -2.37. The van der Waals surface area contributed by atoms with E-state index in [2.05, 4.69) is 21.2 Å². The van der Waals surface area contributed by atoms with E-state index in [1.165, 1.54) is 0 Å². The van der Waals surface area contributed by atoms with E-state index >= 15 is 0 Å². The first kappa shape index (κ1) is 20.5. The summed E-state index contributed by atoms with van der Waals surface area (Å²) in [5.41, 5.74) is 1.22. The summed E-state index contributed by atoms with van der Waals surface area (Å²) in [5, 5.41) is 3.84. The average Bonchev–Trinajstić information content (AvgIpc) is 2.73. The van der Waals surface area contributed by atoms with Gasteiger partial charge in [0.25, 0.3) is 0 Å². The van der Waals surface area contributed by atoms with Gasteiger partial charge in [-0.05, 0) is 55.2 Å². The number of carbonyl (C=O) groups is 1. The lowest BCUT2D eigenvalue weighted by molar-refractivity contribution is -0.131. The monoisotopic (exact) mass is 479 g/mol. The first-order valence-corrected chi connectivity index (χ1v) is 10.9. The molecule has 1 amide bonds. The molecule has 1 N–H and O–H groups in total.